The quantitative estimate of drug-likeness (QED) is 0.226. The zero-order chi connectivity index (χ0) is 16.7. The molecule has 0 fully saturated rings. The lowest BCUT2D eigenvalue weighted by molar-refractivity contribution is 0.319. The summed E-state index contributed by atoms with van der Waals surface area (Å²) in [4.78, 5) is 0. The van der Waals surface area contributed by atoms with Crippen LogP contribution in [-0.2, 0) is 0 Å². The van der Waals surface area contributed by atoms with Crippen molar-refractivity contribution in [3.8, 4) is 11.1 Å². The summed E-state index contributed by atoms with van der Waals surface area (Å²) >= 11 is 0. The Balaban J connectivity index is 1.97. The number of aliphatic hydroxyl groups is 1. The first-order valence-electron chi connectivity index (χ1n) is 7.60. The van der Waals surface area contributed by atoms with E-state index in [2.05, 4.69) is 29.2 Å². The summed E-state index contributed by atoms with van der Waals surface area (Å²) in [5, 5.41) is 24.3. The van der Waals surface area contributed by atoms with E-state index in [9.17, 15) is 0 Å². The van der Waals surface area contributed by atoms with Gasteiger partial charge in [-0.3, -0.25) is 0 Å². The van der Waals surface area contributed by atoms with Crippen LogP contribution < -0.4 is 5.32 Å². The number of hydrogen-bond acceptors (Lipinski definition) is 4. The highest BCUT2D eigenvalue weighted by Crippen LogP contribution is 2.22. The molecule has 0 unspecified atom stereocenters. The molecule has 0 radical (unpaired) electrons. The molecule has 0 aromatic heterocycles. The Morgan fingerprint density at radius 1 is 1.04 bits per heavy atom. The number of nitrogens with one attached hydrogen (secondary N) is 1. The van der Waals surface area contributed by atoms with Crippen LogP contribution in [0, 0.1) is 0 Å². The average Bonchev–Trinajstić information content (AvgIpc) is 2.58. The SMILES string of the molecule is C=C(O)CCCNc1ccc(-c2ccc(/C(C)=N/O)cc2)cc1. The van der Waals surface area contributed by atoms with Gasteiger partial charge >= 0.3 is 0 Å². The first-order chi connectivity index (χ1) is 11.1. The van der Waals surface area contributed by atoms with E-state index in [4.69, 9.17) is 10.3 Å². The number of aliphatic hydroxyl groups excluding tert-OH is 1. The zero-order valence-electron chi connectivity index (χ0n) is 13.3. The van der Waals surface area contributed by atoms with Crippen molar-refractivity contribution < 1.29 is 10.3 Å². The number of oxime groups is 1. The Morgan fingerprint density at radius 3 is 2.13 bits per heavy atom. The summed E-state index contributed by atoms with van der Waals surface area (Å²) in [5.74, 6) is 0.229. The van der Waals surface area contributed by atoms with Gasteiger partial charge in [-0.15, -0.1) is 0 Å². The molecule has 0 heterocycles. The molecule has 120 valence electrons. The van der Waals surface area contributed by atoms with Crippen LogP contribution >= 0.6 is 0 Å². The second-order valence-electron chi connectivity index (χ2n) is 5.44. The molecule has 4 nitrogen and oxygen atoms in total. The highest BCUT2D eigenvalue weighted by molar-refractivity contribution is 5.98. The molecular weight excluding hydrogens is 288 g/mol. The van der Waals surface area contributed by atoms with Crippen LogP contribution in [0.4, 0.5) is 5.69 Å². The first kappa shape index (κ1) is 16.6. The van der Waals surface area contributed by atoms with Crippen LogP contribution in [0.3, 0.4) is 0 Å². The van der Waals surface area contributed by atoms with Gasteiger partial charge < -0.3 is 15.6 Å². The summed E-state index contributed by atoms with van der Waals surface area (Å²) in [6.45, 7) is 6.04. The largest absolute Gasteiger partial charge is 0.513 e. The van der Waals surface area contributed by atoms with Crippen LogP contribution in [0.15, 0.2) is 66.0 Å². The van der Waals surface area contributed by atoms with E-state index >= 15 is 0 Å². The van der Waals surface area contributed by atoms with Crippen molar-refractivity contribution >= 4 is 11.4 Å². The smallest absolute Gasteiger partial charge is 0.0851 e. The van der Waals surface area contributed by atoms with Gasteiger partial charge in [-0.2, -0.15) is 0 Å². The lowest BCUT2D eigenvalue weighted by Gasteiger charge is -2.08. The molecule has 0 aliphatic rings. The van der Waals surface area contributed by atoms with Crippen molar-refractivity contribution in [1.29, 1.82) is 0 Å². The van der Waals surface area contributed by atoms with E-state index in [0.717, 1.165) is 35.3 Å². The summed E-state index contributed by atoms with van der Waals surface area (Å²) < 4.78 is 0. The van der Waals surface area contributed by atoms with E-state index in [-0.39, 0.29) is 5.76 Å². The van der Waals surface area contributed by atoms with Crippen LogP contribution in [0.1, 0.15) is 25.3 Å². The molecule has 0 saturated carbocycles. The molecule has 0 bridgehead atoms. The average molecular weight is 310 g/mol. The van der Waals surface area contributed by atoms with Gasteiger partial charge in [0.1, 0.15) is 0 Å². The fourth-order valence-electron chi connectivity index (χ4n) is 2.27. The van der Waals surface area contributed by atoms with Gasteiger partial charge in [0.05, 0.1) is 11.5 Å². The summed E-state index contributed by atoms with van der Waals surface area (Å²) in [6.07, 6.45) is 1.47. The molecule has 2 aromatic carbocycles. The molecule has 2 aromatic rings. The van der Waals surface area contributed by atoms with E-state index in [1.165, 1.54) is 0 Å². The maximum Gasteiger partial charge on any atom is 0.0851 e. The topological polar surface area (TPSA) is 64.8 Å². The lowest BCUT2D eigenvalue weighted by Crippen LogP contribution is -2.01. The summed E-state index contributed by atoms with van der Waals surface area (Å²) in [7, 11) is 0. The van der Waals surface area contributed by atoms with Crippen molar-refractivity contribution in [2.24, 2.45) is 5.16 Å². The van der Waals surface area contributed by atoms with Gasteiger partial charge in [0.15, 0.2) is 0 Å². The number of allylic oxidation sites excluding steroid dienone is 1. The minimum Gasteiger partial charge on any atom is -0.513 e. The Labute approximate surface area is 136 Å². The third-order valence-corrected chi connectivity index (χ3v) is 3.64. The van der Waals surface area contributed by atoms with Crippen molar-refractivity contribution in [2.45, 2.75) is 19.8 Å². The maximum atomic E-state index is 9.04. The Kier molecular flexibility index (Phi) is 5.80. The van der Waals surface area contributed by atoms with Crippen molar-refractivity contribution in [3.05, 3.63) is 66.4 Å². The normalized spacial score (nSPS) is 11.3. The van der Waals surface area contributed by atoms with Crippen molar-refractivity contribution in [3.63, 3.8) is 0 Å². The predicted molar refractivity (Wildman–Crippen MR) is 95.4 cm³/mol. The lowest BCUT2D eigenvalue weighted by atomic mass is 10.0. The minimum absolute atomic E-state index is 0.229. The number of rotatable bonds is 7. The van der Waals surface area contributed by atoms with Gasteiger partial charge in [-0.25, -0.2) is 0 Å². The highest BCUT2D eigenvalue weighted by Gasteiger charge is 2.01. The van der Waals surface area contributed by atoms with Gasteiger partial charge in [-0.05, 0) is 42.2 Å². The highest BCUT2D eigenvalue weighted by atomic mass is 16.4. The van der Waals surface area contributed by atoms with Gasteiger partial charge in [-0.1, -0.05) is 48.1 Å². The molecular formula is C19H22N2O2. The monoisotopic (exact) mass is 310 g/mol. The van der Waals surface area contributed by atoms with Crippen molar-refractivity contribution in [1.82, 2.24) is 0 Å². The fraction of sp³-hybridized carbons (Fsp3) is 0.211. The summed E-state index contributed by atoms with van der Waals surface area (Å²) in [6, 6.07) is 16.1. The third kappa shape index (κ3) is 4.88. The van der Waals surface area contributed by atoms with Crippen LogP contribution in [-0.4, -0.2) is 22.6 Å². The standard InChI is InChI=1S/C19H22N2O2/c1-14(22)4-3-13-20-19-11-9-18(10-12-19)17-7-5-16(6-8-17)15(2)21-23/h5-12,20,22-23H,1,3-4,13H2,2H3/b21-15+. The third-order valence-electron chi connectivity index (χ3n) is 3.64. The molecule has 0 aliphatic carbocycles. The number of anilines is 1. The van der Waals surface area contributed by atoms with Gasteiger partial charge in [0.25, 0.3) is 0 Å². The maximum absolute atomic E-state index is 9.04. The molecule has 4 heteroatoms. The predicted octanol–water partition coefficient (Wildman–Crippen LogP) is 4.82. The van der Waals surface area contributed by atoms with Gasteiger partial charge in [0.2, 0.25) is 0 Å². The number of hydrogen-bond donors (Lipinski definition) is 3. The summed E-state index contributed by atoms with van der Waals surface area (Å²) in [5.41, 5.74) is 4.80. The Bertz CT molecular complexity index is 674. The first-order valence-corrected chi connectivity index (χ1v) is 7.60. The number of nitrogens with zero attached hydrogens (tertiary/aromatic N) is 1. The molecule has 0 atom stereocenters. The molecule has 0 aliphatic heterocycles. The zero-order valence-corrected chi connectivity index (χ0v) is 13.3. The van der Waals surface area contributed by atoms with E-state index < -0.39 is 0 Å². The van der Waals surface area contributed by atoms with Crippen molar-refractivity contribution in [2.75, 3.05) is 11.9 Å². The fourth-order valence-corrected chi connectivity index (χ4v) is 2.27. The van der Waals surface area contributed by atoms with E-state index in [1.54, 1.807) is 6.92 Å². The van der Waals surface area contributed by atoms with Crippen LogP contribution in [0.5, 0.6) is 0 Å². The van der Waals surface area contributed by atoms with Crippen LogP contribution in [0.2, 0.25) is 0 Å². The second kappa shape index (κ2) is 8.03. The second-order valence-corrected chi connectivity index (χ2v) is 5.44. The van der Waals surface area contributed by atoms with Gasteiger partial charge in [0, 0.05) is 18.7 Å². The minimum atomic E-state index is 0.229. The molecule has 2 rings (SSSR count). The van der Waals surface area contributed by atoms with E-state index in [0.29, 0.717) is 12.1 Å². The molecule has 0 amide bonds. The molecule has 3 N–H and O–H groups in total. The van der Waals surface area contributed by atoms with Crippen LogP contribution in [0.25, 0.3) is 11.1 Å². The Morgan fingerprint density at radius 2 is 1.61 bits per heavy atom. The van der Waals surface area contributed by atoms with E-state index in [1.807, 2.05) is 36.4 Å². The molecule has 23 heavy (non-hydrogen) atoms. The molecule has 0 spiro atoms. The Hall–Kier alpha value is -2.75. The molecule has 0 saturated heterocycles. The number of benzene rings is 2.